The zero-order valence-corrected chi connectivity index (χ0v) is 20.9. The van der Waals surface area contributed by atoms with Gasteiger partial charge < -0.3 is 15.1 Å². The van der Waals surface area contributed by atoms with E-state index in [1.807, 2.05) is 54.6 Å². The number of hydrogen-bond acceptors (Lipinski definition) is 7. The van der Waals surface area contributed by atoms with Gasteiger partial charge in [0.2, 0.25) is 5.95 Å². The fourth-order valence-electron chi connectivity index (χ4n) is 4.98. The number of hydrogen-bond donors (Lipinski definition) is 1. The van der Waals surface area contributed by atoms with Crippen molar-refractivity contribution in [3.63, 3.8) is 0 Å². The maximum absolute atomic E-state index is 13.9. The summed E-state index contributed by atoms with van der Waals surface area (Å²) in [7, 11) is 4.24. The Balaban J connectivity index is 1.35. The molecule has 5 rings (SSSR count). The predicted octanol–water partition coefficient (Wildman–Crippen LogP) is 5.65. The van der Waals surface area contributed by atoms with Crippen LogP contribution in [0.4, 0.5) is 36.3 Å². The Hall–Kier alpha value is -3.37. The van der Waals surface area contributed by atoms with Gasteiger partial charge in [-0.25, -0.2) is 10.0 Å². The van der Waals surface area contributed by atoms with E-state index in [1.54, 1.807) is 0 Å². The smallest absolute Gasteiger partial charge is 0.371 e. The van der Waals surface area contributed by atoms with Gasteiger partial charge in [0.15, 0.2) is 5.82 Å². The summed E-state index contributed by atoms with van der Waals surface area (Å²) in [6.07, 6.45) is -1.03. The number of nitrogens with one attached hydrogen (secondary N) is 1. The Kier molecular flexibility index (Phi) is 7.21. The number of alkyl halides is 3. The Morgan fingerprint density at radius 1 is 0.973 bits per heavy atom. The van der Waals surface area contributed by atoms with Gasteiger partial charge in [0.05, 0.1) is 12.6 Å². The zero-order valence-electron chi connectivity index (χ0n) is 20.9. The molecule has 2 aliphatic heterocycles. The molecule has 7 nitrogen and oxygen atoms in total. The summed E-state index contributed by atoms with van der Waals surface area (Å²) in [4.78, 5) is 18.5. The summed E-state index contributed by atoms with van der Waals surface area (Å²) < 4.78 is 41.7. The van der Waals surface area contributed by atoms with Crippen LogP contribution in [-0.4, -0.2) is 54.7 Å². The van der Waals surface area contributed by atoms with Crippen LogP contribution >= 0.6 is 0 Å². The normalized spacial score (nSPS) is 19.0. The van der Waals surface area contributed by atoms with Crippen LogP contribution in [0.5, 0.6) is 0 Å². The van der Waals surface area contributed by atoms with Crippen LogP contribution in [0.2, 0.25) is 0 Å². The van der Waals surface area contributed by atoms with Gasteiger partial charge in [-0.2, -0.15) is 18.2 Å². The van der Waals surface area contributed by atoms with E-state index in [1.165, 1.54) is 5.06 Å². The van der Waals surface area contributed by atoms with Crippen molar-refractivity contribution >= 4 is 23.1 Å². The summed E-state index contributed by atoms with van der Waals surface area (Å²) in [5, 5.41) is 4.33. The number of nitrogens with zero attached hydrogens (tertiary/aromatic N) is 5. The van der Waals surface area contributed by atoms with Gasteiger partial charge in [-0.05, 0) is 56.8 Å². The maximum Gasteiger partial charge on any atom is 0.421 e. The van der Waals surface area contributed by atoms with Gasteiger partial charge in [-0.3, -0.25) is 4.84 Å². The standard InChI is InChI=1S/C27H31F3N6O/c1-34(2)21-12-15-35(16-13-21)22-10-8-20(9-11-22)32-26-31-18-23(27(28,29)30)25(33-26)36-24(14-17-37-36)19-6-4-3-5-7-19/h3-11,18,21,24H,12-17H2,1-2H3,(H,31,32,33). The fraction of sp³-hybridized carbons (Fsp3) is 0.407. The number of halogens is 3. The van der Waals surface area contributed by atoms with Crippen LogP contribution in [0.1, 0.15) is 36.4 Å². The molecule has 2 fully saturated rings. The molecule has 3 aromatic rings. The van der Waals surface area contributed by atoms with Gasteiger partial charge >= 0.3 is 6.18 Å². The van der Waals surface area contributed by atoms with E-state index >= 15 is 0 Å². The molecule has 1 unspecified atom stereocenters. The van der Waals surface area contributed by atoms with E-state index < -0.39 is 11.7 Å². The molecule has 0 aliphatic carbocycles. The SMILES string of the molecule is CN(C)C1CCN(c2ccc(Nc3ncc(C(F)(F)F)c(N4OCCC4c4ccccc4)n3)cc2)CC1. The lowest BCUT2D eigenvalue weighted by atomic mass is 10.0. The third-order valence-electron chi connectivity index (χ3n) is 7.06. The predicted molar refractivity (Wildman–Crippen MR) is 138 cm³/mol. The van der Waals surface area contributed by atoms with Crippen LogP contribution in [0.15, 0.2) is 60.8 Å². The topological polar surface area (TPSA) is 56.8 Å². The largest absolute Gasteiger partial charge is 0.421 e. The first-order valence-corrected chi connectivity index (χ1v) is 12.5. The first kappa shape index (κ1) is 25.3. The average molecular weight is 513 g/mol. The molecule has 2 aromatic carbocycles. The monoisotopic (exact) mass is 512 g/mol. The number of piperidine rings is 1. The molecule has 1 atom stereocenters. The average Bonchev–Trinajstić information content (AvgIpc) is 3.39. The molecule has 2 aliphatic rings. The lowest BCUT2D eigenvalue weighted by molar-refractivity contribution is -0.138. The quantitative estimate of drug-likeness (QED) is 0.458. The lowest BCUT2D eigenvalue weighted by Crippen LogP contribution is -2.41. The second-order valence-corrected chi connectivity index (χ2v) is 9.66. The number of anilines is 4. The van der Waals surface area contributed by atoms with Crippen molar-refractivity contribution in [1.82, 2.24) is 14.9 Å². The van der Waals surface area contributed by atoms with Crippen molar-refractivity contribution in [3.8, 4) is 0 Å². The van der Waals surface area contributed by atoms with E-state index in [9.17, 15) is 13.2 Å². The van der Waals surface area contributed by atoms with Crippen molar-refractivity contribution in [2.45, 2.75) is 37.5 Å². The number of aromatic nitrogens is 2. The Morgan fingerprint density at radius 2 is 1.68 bits per heavy atom. The van der Waals surface area contributed by atoms with Gasteiger partial charge in [-0.1, -0.05) is 30.3 Å². The molecule has 0 saturated carbocycles. The molecule has 37 heavy (non-hydrogen) atoms. The van der Waals surface area contributed by atoms with Crippen molar-refractivity contribution in [2.24, 2.45) is 0 Å². The van der Waals surface area contributed by atoms with E-state index in [2.05, 4.69) is 39.2 Å². The highest BCUT2D eigenvalue weighted by Crippen LogP contribution is 2.41. The van der Waals surface area contributed by atoms with E-state index in [0.29, 0.717) is 24.8 Å². The molecule has 0 amide bonds. The van der Waals surface area contributed by atoms with E-state index in [4.69, 9.17) is 4.84 Å². The highest BCUT2D eigenvalue weighted by Gasteiger charge is 2.40. The third-order valence-corrected chi connectivity index (χ3v) is 7.06. The van der Waals surface area contributed by atoms with Gasteiger partial charge in [0.25, 0.3) is 0 Å². The minimum atomic E-state index is -4.62. The fourth-order valence-corrected chi connectivity index (χ4v) is 4.98. The number of rotatable bonds is 6. The molecule has 196 valence electrons. The van der Waals surface area contributed by atoms with Crippen LogP contribution in [-0.2, 0) is 11.0 Å². The molecule has 2 saturated heterocycles. The zero-order chi connectivity index (χ0) is 26.0. The van der Waals surface area contributed by atoms with Crippen molar-refractivity contribution in [3.05, 3.63) is 71.9 Å². The molecule has 3 heterocycles. The second kappa shape index (κ2) is 10.5. The van der Waals surface area contributed by atoms with Crippen LogP contribution in [0.25, 0.3) is 0 Å². The first-order chi connectivity index (χ1) is 17.8. The summed E-state index contributed by atoms with van der Waals surface area (Å²) in [5.41, 5.74) is 1.75. The summed E-state index contributed by atoms with van der Waals surface area (Å²) in [6, 6.07) is 17.4. The second-order valence-electron chi connectivity index (χ2n) is 9.66. The highest BCUT2D eigenvalue weighted by molar-refractivity contribution is 5.61. The Bertz CT molecular complexity index is 1180. The molecule has 0 bridgehead atoms. The minimum absolute atomic E-state index is 0.0739. The molecule has 0 spiro atoms. The Morgan fingerprint density at radius 3 is 2.32 bits per heavy atom. The van der Waals surface area contributed by atoms with Gasteiger partial charge in [0.1, 0.15) is 5.56 Å². The minimum Gasteiger partial charge on any atom is -0.371 e. The summed E-state index contributed by atoms with van der Waals surface area (Å²) in [5.74, 6) is -0.221. The third kappa shape index (κ3) is 5.65. The molecule has 1 aromatic heterocycles. The lowest BCUT2D eigenvalue weighted by Gasteiger charge is -2.36. The molecular formula is C27H31F3N6O. The van der Waals surface area contributed by atoms with Gasteiger partial charge in [0, 0.05) is 43.1 Å². The highest BCUT2D eigenvalue weighted by atomic mass is 19.4. The van der Waals surface area contributed by atoms with Crippen molar-refractivity contribution < 1.29 is 18.0 Å². The summed E-state index contributed by atoms with van der Waals surface area (Å²) >= 11 is 0. The van der Waals surface area contributed by atoms with Crippen molar-refractivity contribution in [2.75, 3.05) is 49.1 Å². The number of benzene rings is 2. The van der Waals surface area contributed by atoms with Crippen LogP contribution < -0.4 is 15.3 Å². The van der Waals surface area contributed by atoms with Crippen LogP contribution in [0.3, 0.4) is 0 Å². The van der Waals surface area contributed by atoms with E-state index in [-0.39, 0.29) is 17.8 Å². The first-order valence-electron chi connectivity index (χ1n) is 12.5. The molecule has 0 radical (unpaired) electrons. The maximum atomic E-state index is 13.9. The van der Waals surface area contributed by atoms with Crippen LogP contribution in [0, 0.1) is 0 Å². The Labute approximate surface area is 214 Å². The number of hydroxylamine groups is 1. The summed E-state index contributed by atoms with van der Waals surface area (Å²) in [6.45, 7) is 2.27. The van der Waals surface area contributed by atoms with E-state index in [0.717, 1.165) is 43.4 Å². The van der Waals surface area contributed by atoms with Gasteiger partial charge in [-0.15, -0.1) is 0 Å². The molecule has 1 N–H and O–H groups in total. The van der Waals surface area contributed by atoms with Crippen molar-refractivity contribution in [1.29, 1.82) is 0 Å². The molecule has 10 heteroatoms. The molecular weight excluding hydrogens is 481 g/mol.